The first-order valence-corrected chi connectivity index (χ1v) is 9.90. The number of ether oxygens (including phenoxy) is 1. The smallest absolute Gasteiger partial charge is 0.270 e. The minimum Gasteiger partial charge on any atom is -0.504 e. The lowest BCUT2D eigenvalue weighted by Crippen LogP contribution is -2.40. The minimum atomic E-state index is -4.02. The normalized spacial score (nSPS) is 15.4. The van der Waals surface area contributed by atoms with Gasteiger partial charge in [-0.2, -0.15) is 9.41 Å². The van der Waals surface area contributed by atoms with E-state index in [0.29, 0.717) is 5.56 Å². The molecule has 0 spiro atoms. The summed E-state index contributed by atoms with van der Waals surface area (Å²) in [7, 11) is -4.02. The van der Waals surface area contributed by atoms with Gasteiger partial charge in [0, 0.05) is 25.2 Å². The van der Waals surface area contributed by atoms with E-state index >= 15 is 0 Å². The van der Waals surface area contributed by atoms with E-state index in [0.717, 1.165) is 6.07 Å². The van der Waals surface area contributed by atoms with Crippen LogP contribution >= 0.6 is 0 Å². The Morgan fingerprint density at radius 3 is 2.52 bits per heavy atom. The van der Waals surface area contributed by atoms with E-state index in [4.69, 9.17) is 4.74 Å². The number of nitrogens with one attached hydrogen (secondary N) is 1. The molecule has 2 aromatic carbocycles. The van der Waals surface area contributed by atoms with Gasteiger partial charge >= 0.3 is 0 Å². The molecule has 11 nitrogen and oxygen atoms in total. The summed E-state index contributed by atoms with van der Waals surface area (Å²) < 4.78 is 32.3. The summed E-state index contributed by atoms with van der Waals surface area (Å²) in [5, 5.41) is 33.9. The Bertz CT molecular complexity index is 1050. The lowest BCUT2D eigenvalue weighted by atomic mass is 10.2. The molecule has 1 aliphatic rings. The highest BCUT2D eigenvalue weighted by Gasteiger charge is 2.30. The van der Waals surface area contributed by atoms with E-state index in [2.05, 4.69) is 10.5 Å². The predicted molar refractivity (Wildman–Crippen MR) is 104 cm³/mol. The number of rotatable bonds is 6. The molecule has 154 valence electrons. The molecule has 3 N–H and O–H groups in total. The van der Waals surface area contributed by atoms with Crippen molar-refractivity contribution in [1.82, 2.24) is 4.31 Å². The van der Waals surface area contributed by atoms with E-state index in [1.54, 1.807) is 0 Å². The lowest BCUT2D eigenvalue weighted by Gasteiger charge is -2.26. The highest BCUT2D eigenvalue weighted by Crippen LogP contribution is 2.30. The maximum absolute atomic E-state index is 13.0. The van der Waals surface area contributed by atoms with Gasteiger partial charge in [0.15, 0.2) is 11.5 Å². The molecule has 2 aromatic rings. The molecule has 3 rings (SSSR count). The van der Waals surface area contributed by atoms with Crippen LogP contribution in [0.25, 0.3) is 0 Å². The second-order valence-electron chi connectivity index (χ2n) is 6.07. The molecular formula is C17H18N4O7S. The molecule has 0 radical (unpaired) electrons. The molecule has 1 fully saturated rings. The predicted octanol–water partition coefficient (Wildman–Crippen LogP) is 1.47. The lowest BCUT2D eigenvalue weighted by molar-refractivity contribution is -0.385. The average Bonchev–Trinajstić information content (AvgIpc) is 2.71. The van der Waals surface area contributed by atoms with E-state index in [1.165, 1.54) is 40.9 Å². The van der Waals surface area contributed by atoms with Crippen LogP contribution in [0.3, 0.4) is 0 Å². The SMILES string of the molecule is O=[N+]([O-])c1ccc(N/N=C/c2ccc(O)c(O)c2)c(S(=O)(=O)N2CCOCC2)c1. The quantitative estimate of drug-likeness (QED) is 0.274. The highest BCUT2D eigenvalue weighted by molar-refractivity contribution is 7.89. The Hall–Kier alpha value is -3.22. The van der Waals surface area contributed by atoms with Crippen LogP contribution in [0.15, 0.2) is 46.4 Å². The second-order valence-corrected chi connectivity index (χ2v) is 7.98. The van der Waals surface area contributed by atoms with Gasteiger partial charge in [0.2, 0.25) is 10.0 Å². The number of anilines is 1. The summed E-state index contributed by atoms with van der Waals surface area (Å²) in [6, 6.07) is 7.44. The number of nitro benzene ring substituents is 1. The van der Waals surface area contributed by atoms with E-state index in [9.17, 15) is 28.7 Å². The van der Waals surface area contributed by atoms with E-state index < -0.39 is 14.9 Å². The molecule has 12 heteroatoms. The average molecular weight is 422 g/mol. The summed E-state index contributed by atoms with van der Waals surface area (Å²) in [4.78, 5) is 10.2. The van der Waals surface area contributed by atoms with Gasteiger partial charge in [-0.3, -0.25) is 15.5 Å². The number of non-ortho nitro benzene ring substituents is 1. The molecule has 0 unspecified atom stereocenters. The minimum absolute atomic E-state index is 0.0568. The van der Waals surface area contributed by atoms with Crippen LogP contribution in [0.5, 0.6) is 11.5 Å². The van der Waals surface area contributed by atoms with Gasteiger partial charge < -0.3 is 14.9 Å². The van der Waals surface area contributed by atoms with Crippen molar-refractivity contribution < 1.29 is 28.3 Å². The number of hydrogen-bond donors (Lipinski definition) is 3. The largest absolute Gasteiger partial charge is 0.504 e. The molecule has 1 heterocycles. The Labute approximate surface area is 166 Å². The summed E-state index contributed by atoms with van der Waals surface area (Å²) in [5.74, 6) is -0.621. The standard InChI is InChI=1S/C17H18N4O7S/c22-15-4-1-12(9-16(15)23)11-18-19-14-3-2-13(21(24)25)10-17(14)29(26,27)20-5-7-28-8-6-20/h1-4,9-11,19,22-23H,5-8H2/b18-11+. The maximum Gasteiger partial charge on any atom is 0.270 e. The zero-order chi connectivity index (χ0) is 21.0. The molecule has 0 saturated carbocycles. The Kier molecular flexibility index (Phi) is 5.96. The van der Waals surface area contributed by atoms with Crippen molar-refractivity contribution in [1.29, 1.82) is 0 Å². The number of nitro groups is 1. The fourth-order valence-electron chi connectivity index (χ4n) is 2.65. The number of morpholine rings is 1. The van der Waals surface area contributed by atoms with Crippen LogP contribution < -0.4 is 5.43 Å². The van der Waals surface area contributed by atoms with Crippen molar-refractivity contribution in [3.8, 4) is 11.5 Å². The second kappa shape index (κ2) is 8.43. The molecule has 29 heavy (non-hydrogen) atoms. The summed E-state index contributed by atoms with van der Waals surface area (Å²) in [6.45, 7) is 0.750. The molecule has 0 aromatic heterocycles. The zero-order valence-electron chi connectivity index (χ0n) is 15.1. The third-order valence-electron chi connectivity index (χ3n) is 4.16. The molecular weight excluding hydrogens is 404 g/mol. The van der Waals surface area contributed by atoms with Crippen molar-refractivity contribution in [2.75, 3.05) is 31.7 Å². The van der Waals surface area contributed by atoms with Gasteiger partial charge in [0.05, 0.1) is 30.0 Å². The molecule has 1 aliphatic heterocycles. The first kappa shape index (κ1) is 20.5. The first-order chi connectivity index (χ1) is 13.8. The topological polar surface area (TPSA) is 155 Å². The third kappa shape index (κ3) is 4.62. The number of phenols is 2. The summed E-state index contributed by atoms with van der Waals surface area (Å²) >= 11 is 0. The van der Waals surface area contributed by atoms with Crippen LogP contribution in [0.2, 0.25) is 0 Å². The van der Waals surface area contributed by atoms with Crippen LogP contribution in [-0.4, -0.2) is 60.4 Å². The van der Waals surface area contributed by atoms with Crippen molar-refractivity contribution in [2.45, 2.75) is 4.90 Å². The number of sulfonamides is 1. The number of hydrazone groups is 1. The maximum atomic E-state index is 13.0. The van der Waals surface area contributed by atoms with E-state index in [-0.39, 0.29) is 54.1 Å². The number of phenolic OH excluding ortho intramolecular Hbond substituents is 2. The van der Waals surface area contributed by atoms with Crippen molar-refractivity contribution >= 4 is 27.6 Å². The summed E-state index contributed by atoms with van der Waals surface area (Å²) in [6.07, 6.45) is 1.30. The third-order valence-corrected chi connectivity index (χ3v) is 6.10. The number of nitrogens with zero attached hydrogens (tertiary/aromatic N) is 3. The summed E-state index contributed by atoms with van der Waals surface area (Å²) in [5.41, 5.74) is 2.70. The van der Waals surface area contributed by atoms with Crippen LogP contribution in [0.1, 0.15) is 5.56 Å². The van der Waals surface area contributed by atoms with Crippen molar-refractivity contribution in [2.24, 2.45) is 5.10 Å². The molecule has 0 atom stereocenters. The monoisotopic (exact) mass is 422 g/mol. The van der Waals surface area contributed by atoms with Gasteiger partial charge in [-0.05, 0) is 29.8 Å². The first-order valence-electron chi connectivity index (χ1n) is 8.46. The molecule has 0 bridgehead atoms. The Morgan fingerprint density at radius 1 is 1.14 bits per heavy atom. The van der Waals surface area contributed by atoms with Crippen LogP contribution in [0.4, 0.5) is 11.4 Å². The van der Waals surface area contributed by atoms with Crippen LogP contribution in [-0.2, 0) is 14.8 Å². The Balaban J connectivity index is 1.92. The van der Waals surface area contributed by atoms with Crippen molar-refractivity contribution in [3.05, 3.63) is 52.1 Å². The Morgan fingerprint density at radius 2 is 1.86 bits per heavy atom. The fraction of sp³-hybridized carbons (Fsp3) is 0.235. The van der Waals surface area contributed by atoms with Crippen LogP contribution in [0, 0.1) is 10.1 Å². The van der Waals surface area contributed by atoms with Gasteiger partial charge in [-0.1, -0.05) is 0 Å². The molecule has 0 aliphatic carbocycles. The van der Waals surface area contributed by atoms with Gasteiger partial charge in [0.1, 0.15) is 4.90 Å². The highest BCUT2D eigenvalue weighted by atomic mass is 32.2. The molecule has 0 amide bonds. The van der Waals surface area contributed by atoms with Crippen molar-refractivity contribution in [3.63, 3.8) is 0 Å². The zero-order valence-corrected chi connectivity index (χ0v) is 15.9. The van der Waals surface area contributed by atoms with Gasteiger partial charge in [-0.25, -0.2) is 8.42 Å². The number of benzene rings is 2. The van der Waals surface area contributed by atoms with E-state index in [1.807, 2.05) is 0 Å². The fourth-order valence-corrected chi connectivity index (χ4v) is 4.22. The van der Waals surface area contributed by atoms with Gasteiger partial charge in [-0.15, -0.1) is 0 Å². The number of aromatic hydroxyl groups is 2. The number of hydrogen-bond acceptors (Lipinski definition) is 9. The van der Waals surface area contributed by atoms with Gasteiger partial charge in [0.25, 0.3) is 5.69 Å². The molecule has 1 saturated heterocycles.